The monoisotopic (exact) mass is 401 g/mol. The Labute approximate surface area is 163 Å². The standard InChI is InChI=1S/C20H14F3N3O3/c21-20(22,23)29-17-9-7-15(8-10-17)19(28)26-25-18(27)14-5-3-13(4-6-14)16-2-1-11-24-12-16/h1-12H,(H,25,27)(H,26,28). The number of nitrogens with zero attached hydrogens (tertiary/aromatic N) is 1. The molecule has 1 aromatic heterocycles. The van der Waals surface area contributed by atoms with Gasteiger partial charge in [0.25, 0.3) is 11.8 Å². The molecule has 29 heavy (non-hydrogen) atoms. The molecule has 0 saturated heterocycles. The number of halogens is 3. The molecule has 3 aromatic rings. The van der Waals surface area contributed by atoms with E-state index in [1.807, 2.05) is 6.07 Å². The smallest absolute Gasteiger partial charge is 0.406 e. The summed E-state index contributed by atoms with van der Waals surface area (Å²) in [6, 6.07) is 14.6. The molecular formula is C20H14F3N3O3. The van der Waals surface area contributed by atoms with E-state index in [-0.39, 0.29) is 5.56 Å². The number of alkyl halides is 3. The van der Waals surface area contributed by atoms with Crippen LogP contribution in [-0.2, 0) is 0 Å². The Hall–Kier alpha value is -3.88. The quantitative estimate of drug-likeness (QED) is 0.653. The van der Waals surface area contributed by atoms with Gasteiger partial charge in [-0.05, 0) is 53.6 Å². The maximum Gasteiger partial charge on any atom is 0.573 e. The third-order valence-corrected chi connectivity index (χ3v) is 3.78. The van der Waals surface area contributed by atoms with Crippen molar-refractivity contribution < 1.29 is 27.5 Å². The lowest BCUT2D eigenvalue weighted by Gasteiger charge is -2.10. The average Bonchev–Trinajstić information content (AvgIpc) is 2.72. The first-order valence-corrected chi connectivity index (χ1v) is 8.29. The third kappa shape index (κ3) is 5.55. The zero-order valence-electron chi connectivity index (χ0n) is 14.7. The number of pyridine rings is 1. The number of carbonyl (C=O) groups is 2. The summed E-state index contributed by atoms with van der Waals surface area (Å²) in [5, 5.41) is 0. The van der Waals surface area contributed by atoms with Gasteiger partial charge in [0.2, 0.25) is 0 Å². The van der Waals surface area contributed by atoms with Crippen molar-refractivity contribution in [2.45, 2.75) is 6.36 Å². The minimum Gasteiger partial charge on any atom is -0.406 e. The number of carbonyl (C=O) groups excluding carboxylic acids is 2. The molecule has 148 valence electrons. The molecule has 0 spiro atoms. The molecule has 0 atom stereocenters. The molecule has 0 aliphatic carbocycles. The van der Waals surface area contributed by atoms with Crippen molar-refractivity contribution in [2.24, 2.45) is 0 Å². The molecule has 2 N–H and O–H groups in total. The highest BCUT2D eigenvalue weighted by Gasteiger charge is 2.31. The van der Waals surface area contributed by atoms with E-state index in [1.165, 1.54) is 0 Å². The van der Waals surface area contributed by atoms with E-state index in [1.54, 1.807) is 42.7 Å². The molecule has 6 nitrogen and oxygen atoms in total. The fraction of sp³-hybridized carbons (Fsp3) is 0.0500. The second kappa shape index (κ2) is 8.42. The van der Waals surface area contributed by atoms with Gasteiger partial charge < -0.3 is 4.74 Å². The molecule has 0 aliphatic heterocycles. The predicted molar refractivity (Wildman–Crippen MR) is 97.7 cm³/mol. The Morgan fingerprint density at radius 2 is 1.34 bits per heavy atom. The largest absolute Gasteiger partial charge is 0.573 e. The number of hydrazine groups is 1. The van der Waals surface area contributed by atoms with E-state index in [0.29, 0.717) is 5.56 Å². The number of nitrogens with one attached hydrogen (secondary N) is 2. The van der Waals surface area contributed by atoms with Crippen molar-refractivity contribution >= 4 is 11.8 Å². The highest BCUT2D eigenvalue weighted by atomic mass is 19.4. The number of rotatable bonds is 4. The van der Waals surface area contributed by atoms with Crippen LogP contribution in [-0.4, -0.2) is 23.2 Å². The molecule has 9 heteroatoms. The van der Waals surface area contributed by atoms with Crippen LogP contribution in [0.4, 0.5) is 13.2 Å². The number of benzene rings is 2. The normalized spacial score (nSPS) is 10.9. The maximum absolute atomic E-state index is 12.2. The van der Waals surface area contributed by atoms with Crippen LogP contribution in [0.25, 0.3) is 11.1 Å². The summed E-state index contributed by atoms with van der Waals surface area (Å²) in [4.78, 5) is 28.2. The summed E-state index contributed by atoms with van der Waals surface area (Å²) in [6.45, 7) is 0. The van der Waals surface area contributed by atoms with Gasteiger partial charge in [0.1, 0.15) is 5.75 Å². The topological polar surface area (TPSA) is 80.3 Å². The molecule has 1 heterocycles. The Morgan fingerprint density at radius 3 is 1.83 bits per heavy atom. The van der Waals surface area contributed by atoms with Crippen LogP contribution >= 0.6 is 0 Å². The zero-order chi connectivity index (χ0) is 20.9. The van der Waals surface area contributed by atoms with Gasteiger partial charge in [-0.1, -0.05) is 18.2 Å². The SMILES string of the molecule is O=C(NNC(=O)c1ccc(-c2cccnc2)cc1)c1ccc(OC(F)(F)F)cc1. The van der Waals surface area contributed by atoms with Crippen LogP contribution < -0.4 is 15.6 Å². The van der Waals surface area contributed by atoms with E-state index >= 15 is 0 Å². The van der Waals surface area contributed by atoms with Crippen molar-refractivity contribution in [3.8, 4) is 16.9 Å². The maximum atomic E-state index is 12.2. The van der Waals surface area contributed by atoms with Gasteiger partial charge in [0.15, 0.2) is 0 Å². The van der Waals surface area contributed by atoms with E-state index in [0.717, 1.165) is 35.4 Å². The fourth-order valence-corrected chi connectivity index (χ4v) is 2.41. The molecule has 0 fully saturated rings. The Kier molecular flexibility index (Phi) is 5.77. The van der Waals surface area contributed by atoms with E-state index in [2.05, 4.69) is 20.6 Å². The highest BCUT2D eigenvalue weighted by molar-refractivity contribution is 5.99. The Morgan fingerprint density at radius 1 is 0.793 bits per heavy atom. The highest BCUT2D eigenvalue weighted by Crippen LogP contribution is 2.22. The minimum absolute atomic E-state index is 0.0479. The minimum atomic E-state index is -4.82. The molecule has 0 radical (unpaired) electrons. The Bertz CT molecular complexity index is 989. The van der Waals surface area contributed by atoms with Gasteiger partial charge in [-0.3, -0.25) is 25.4 Å². The van der Waals surface area contributed by atoms with Gasteiger partial charge >= 0.3 is 6.36 Å². The summed E-state index contributed by atoms with van der Waals surface area (Å²) in [6.07, 6.45) is -1.46. The van der Waals surface area contributed by atoms with Crippen LogP contribution in [0.5, 0.6) is 5.75 Å². The number of aromatic nitrogens is 1. The van der Waals surface area contributed by atoms with Gasteiger partial charge in [-0.2, -0.15) is 0 Å². The molecule has 0 saturated carbocycles. The zero-order valence-corrected chi connectivity index (χ0v) is 14.7. The van der Waals surface area contributed by atoms with E-state index in [9.17, 15) is 22.8 Å². The lowest BCUT2D eigenvalue weighted by Crippen LogP contribution is -2.41. The molecular weight excluding hydrogens is 387 g/mol. The first-order chi connectivity index (χ1) is 13.8. The van der Waals surface area contributed by atoms with E-state index in [4.69, 9.17) is 0 Å². The van der Waals surface area contributed by atoms with Crippen molar-refractivity contribution in [3.05, 3.63) is 84.2 Å². The summed E-state index contributed by atoms with van der Waals surface area (Å²) >= 11 is 0. The van der Waals surface area contributed by atoms with Crippen molar-refractivity contribution in [2.75, 3.05) is 0 Å². The van der Waals surface area contributed by atoms with Gasteiger partial charge in [0.05, 0.1) is 0 Å². The Balaban J connectivity index is 1.56. The molecule has 3 rings (SSSR count). The van der Waals surface area contributed by atoms with Crippen molar-refractivity contribution in [1.29, 1.82) is 0 Å². The first kappa shape index (κ1) is 19.9. The summed E-state index contributed by atoms with van der Waals surface area (Å²) in [5.41, 5.74) is 6.58. The lowest BCUT2D eigenvalue weighted by molar-refractivity contribution is -0.274. The number of amides is 2. The number of hydrogen-bond acceptors (Lipinski definition) is 4. The fourth-order valence-electron chi connectivity index (χ4n) is 2.41. The van der Waals surface area contributed by atoms with Crippen LogP contribution in [0.15, 0.2) is 73.1 Å². The van der Waals surface area contributed by atoms with E-state index < -0.39 is 23.9 Å². The van der Waals surface area contributed by atoms with Crippen LogP contribution in [0.1, 0.15) is 20.7 Å². The van der Waals surface area contributed by atoms with Gasteiger partial charge in [0, 0.05) is 23.5 Å². The third-order valence-electron chi connectivity index (χ3n) is 3.78. The summed E-state index contributed by atoms with van der Waals surface area (Å²) in [7, 11) is 0. The van der Waals surface area contributed by atoms with Crippen molar-refractivity contribution in [1.82, 2.24) is 15.8 Å². The van der Waals surface area contributed by atoms with Gasteiger partial charge in [-0.25, -0.2) is 0 Å². The van der Waals surface area contributed by atoms with Crippen LogP contribution in [0, 0.1) is 0 Å². The average molecular weight is 401 g/mol. The lowest BCUT2D eigenvalue weighted by atomic mass is 10.1. The molecule has 0 unspecified atom stereocenters. The molecule has 2 amide bonds. The predicted octanol–water partition coefficient (Wildman–Crippen LogP) is 3.72. The van der Waals surface area contributed by atoms with Crippen LogP contribution in [0.3, 0.4) is 0 Å². The molecule has 2 aromatic carbocycles. The van der Waals surface area contributed by atoms with Crippen LogP contribution in [0.2, 0.25) is 0 Å². The molecule has 0 aliphatic rings. The molecule has 0 bridgehead atoms. The second-order valence-electron chi connectivity index (χ2n) is 5.80. The van der Waals surface area contributed by atoms with Crippen molar-refractivity contribution in [3.63, 3.8) is 0 Å². The van der Waals surface area contributed by atoms with Gasteiger partial charge in [-0.15, -0.1) is 13.2 Å². The summed E-state index contributed by atoms with van der Waals surface area (Å²) < 4.78 is 40.2. The number of hydrogen-bond donors (Lipinski definition) is 2. The number of ether oxygens (including phenoxy) is 1. The first-order valence-electron chi connectivity index (χ1n) is 8.29. The summed E-state index contributed by atoms with van der Waals surface area (Å²) in [5.74, 6) is -1.69. The second-order valence-corrected chi connectivity index (χ2v) is 5.80.